The summed E-state index contributed by atoms with van der Waals surface area (Å²) in [5.41, 5.74) is 0. The summed E-state index contributed by atoms with van der Waals surface area (Å²) in [5.74, 6) is 0. The summed E-state index contributed by atoms with van der Waals surface area (Å²) >= 11 is 0. The van der Waals surface area contributed by atoms with Gasteiger partial charge < -0.3 is 14.4 Å². The molecule has 0 amide bonds. The molecule has 0 rings (SSSR count). The van der Waals surface area contributed by atoms with Gasteiger partial charge in [-0.1, -0.05) is 154 Å². The van der Waals surface area contributed by atoms with Crippen LogP contribution in [0.3, 0.4) is 0 Å². The zero-order chi connectivity index (χ0) is 33.2. The van der Waals surface area contributed by atoms with Gasteiger partial charge >= 0.3 is 0 Å². The van der Waals surface area contributed by atoms with Crippen molar-refractivity contribution in [2.75, 3.05) is 47.6 Å². The summed E-state index contributed by atoms with van der Waals surface area (Å²) in [5, 5.41) is 0. The molecule has 45 heavy (non-hydrogen) atoms. The van der Waals surface area contributed by atoms with Gasteiger partial charge in [0.05, 0.1) is 0 Å². The molecule has 3 nitrogen and oxygen atoms in total. The van der Waals surface area contributed by atoms with Crippen molar-refractivity contribution in [3.05, 3.63) is 24.3 Å². The highest BCUT2D eigenvalue weighted by molar-refractivity contribution is 4.82. The highest BCUT2D eigenvalue weighted by Gasteiger charge is 1.95. The van der Waals surface area contributed by atoms with Crippen LogP contribution >= 0.6 is 0 Å². The maximum Gasteiger partial charge on any atom is 0.0487 e. The van der Waals surface area contributed by atoms with Gasteiger partial charge in [-0.3, -0.25) is 0 Å². The highest BCUT2D eigenvalue weighted by atomic mass is 16.5. The van der Waals surface area contributed by atoms with E-state index < -0.39 is 0 Å². The standard InChI is InChI=1S/C39H76O2.C3H9N/c1-3-5-7-9-11-13-15-17-19-21-23-25-27-29-31-33-36-40-38-35-39-41-37-34-32-30-28-26-24-22-20-18-16-14-12-10-8-6-4-2;1-4(2)3/h17-20H,3-16,21-39H2,1-2H3;1-3H3/b19-17-,20-18-;. The maximum atomic E-state index is 5.80. The molecule has 0 aliphatic carbocycles. The Morgan fingerprint density at radius 2 is 0.533 bits per heavy atom. The number of allylic oxidation sites excluding steroid dienone is 4. The lowest BCUT2D eigenvalue weighted by Crippen LogP contribution is -2.03. The van der Waals surface area contributed by atoms with E-state index in [1.54, 1.807) is 0 Å². The predicted molar refractivity (Wildman–Crippen MR) is 205 cm³/mol. The van der Waals surface area contributed by atoms with E-state index >= 15 is 0 Å². The van der Waals surface area contributed by atoms with Crippen LogP contribution in [-0.4, -0.2) is 52.5 Å². The average molecular weight is 636 g/mol. The van der Waals surface area contributed by atoms with Crippen molar-refractivity contribution in [3.63, 3.8) is 0 Å². The second-order valence-electron chi connectivity index (χ2n) is 13.8. The van der Waals surface area contributed by atoms with Gasteiger partial charge in [-0.25, -0.2) is 0 Å². The van der Waals surface area contributed by atoms with Crippen LogP contribution in [0, 0.1) is 0 Å². The quantitative estimate of drug-likeness (QED) is 0.0505. The molecule has 0 saturated carbocycles. The molecule has 0 spiro atoms. The van der Waals surface area contributed by atoms with Crippen LogP contribution in [0.1, 0.15) is 200 Å². The Balaban J connectivity index is 0. The number of unbranched alkanes of at least 4 members (excludes halogenated alkanes) is 24. The minimum absolute atomic E-state index is 0.860. The first kappa shape index (κ1) is 46.5. The number of nitrogens with zero attached hydrogens (tertiary/aromatic N) is 1. The van der Waals surface area contributed by atoms with E-state index in [0.717, 1.165) is 32.8 Å². The molecule has 0 heterocycles. The van der Waals surface area contributed by atoms with E-state index in [4.69, 9.17) is 9.47 Å². The van der Waals surface area contributed by atoms with Crippen LogP contribution in [0.15, 0.2) is 24.3 Å². The Morgan fingerprint density at radius 3 is 0.822 bits per heavy atom. The smallest absolute Gasteiger partial charge is 0.0487 e. The molecule has 0 radical (unpaired) electrons. The SMILES string of the molecule is CCCCCCCC/C=C\CCCCCCCCOCCCOCCCCCCCC/C=C\CCCCCCCC.CN(C)C. The van der Waals surface area contributed by atoms with Gasteiger partial charge in [0.15, 0.2) is 0 Å². The van der Waals surface area contributed by atoms with Crippen LogP contribution < -0.4 is 0 Å². The van der Waals surface area contributed by atoms with E-state index in [1.165, 1.54) is 180 Å². The van der Waals surface area contributed by atoms with Crippen LogP contribution in [0.25, 0.3) is 0 Å². The van der Waals surface area contributed by atoms with Gasteiger partial charge in [-0.15, -0.1) is 0 Å². The Morgan fingerprint density at radius 1 is 0.311 bits per heavy atom. The number of ether oxygens (including phenoxy) is 2. The minimum Gasteiger partial charge on any atom is -0.381 e. The first-order valence-electron chi connectivity index (χ1n) is 20.2. The fourth-order valence-electron chi connectivity index (χ4n) is 5.37. The number of hydrogen-bond acceptors (Lipinski definition) is 3. The Hall–Kier alpha value is -0.640. The molecule has 270 valence electrons. The van der Waals surface area contributed by atoms with Gasteiger partial charge in [-0.2, -0.15) is 0 Å². The molecule has 0 aromatic heterocycles. The predicted octanol–water partition coefficient (Wildman–Crippen LogP) is 13.7. The summed E-state index contributed by atoms with van der Waals surface area (Å²) in [6.45, 7) is 8.15. The molecule has 3 heteroatoms. The fourth-order valence-corrected chi connectivity index (χ4v) is 5.37. The normalized spacial score (nSPS) is 11.7. The van der Waals surface area contributed by atoms with E-state index in [0.29, 0.717) is 0 Å². The third kappa shape index (κ3) is 53.1. The van der Waals surface area contributed by atoms with Crippen LogP contribution in [0.2, 0.25) is 0 Å². The van der Waals surface area contributed by atoms with Crippen LogP contribution in [-0.2, 0) is 9.47 Å². The van der Waals surface area contributed by atoms with Crippen LogP contribution in [0.5, 0.6) is 0 Å². The highest BCUT2D eigenvalue weighted by Crippen LogP contribution is 2.11. The molecule has 0 aromatic rings. The topological polar surface area (TPSA) is 21.7 Å². The van der Waals surface area contributed by atoms with Crippen molar-refractivity contribution in [3.8, 4) is 0 Å². The van der Waals surface area contributed by atoms with Gasteiger partial charge in [0.1, 0.15) is 0 Å². The lowest BCUT2D eigenvalue weighted by atomic mass is 10.1. The van der Waals surface area contributed by atoms with Crippen molar-refractivity contribution in [2.24, 2.45) is 0 Å². The second kappa shape index (κ2) is 45.5. The average Bonchev–Trinajstić information content (AvgIpc) is 3.02. The van der Waals surface area contributed by atoms with E-state index in [9.17, 15) is 0 Å². The third-order valence-corrected chi connectivity index (χ3v) is 8.18. The first-order valence-corrected chi connectivity index (χ1v) is 20.2. The Labute approximate surface area is 285 Å². The van der Waals surface area contributed by atoms with E-state index in [1.807, 2.05) is 26.0 Å². The van der Waals surface area contributed by atoms with Crippen molar-refractivity contribution in [2.45, 2.75) is 200 Å². The molecule has 0 fully saturated rings. The largest absolute Gasteiger partial charge is 0.381 e. The van der Waals surface area contributed by atoms with Gasteiger partial charge in [-0.05, 0) is 91.8 Å². The zero-order valence-corrected chi connectivity index (χ0v) is 31.9. The van der Waals surface area contributed by atoms with Gasteiger partial charge in [0.2, 0.25) is 0 Å². The fraction of sp³-hybridized carbons (Fsp3) is 0.905. The second-order valence-corrected chi connectivity index (χ2v) is 13.8. The van der Waals surface area contributed by atoms with Crippen molar-refractivity contribution >= 4 is 0 Å². The summed E-state index contributed by atoms with van der Waals surface area (Å²) in [6, 6.07) is 0. The molecule has 0 aliphatic heterocycles. The van der Waals surface area contributed by atoms with Crippen LogP contribution in [0.4, 0.5) is 0 Å². The summed E-state index contributed by atoms with van der Waals surface area (Å²) in [7, 11) is 6.00. The lowest BCUT2D eigenvalue weighted by molar-refractivity contribution is 0.0794. The molecule has 0 unspecified atom stereocenters. The maximum absolute atomic E-state index is 5.80. The molecular formula is C42H85NO2. The monoisotopic (exact) mass is 636 g/mol. The van der Waals surface area contributed by atoms with Crippen molar-refractivity contribution in [1.82, 2.24) is 4.90 Å². The molecule has 0 saturated heterocycles. The first-order chi connectivity index (χ1) is 22.1. The summed E-state index contributed by atoms with van der Waals surface area (Å²) < 4.78 is 11.6. The zero-order valence-electron chi connectivity index (χ0n) is 31.9. The van der Waals surface area contributed by atoms with E-state index in [2.05, 4.69) is 38.2 Å². The molecule has 0 atom stereocenters. The number of hydrogen-bond donors (Lipinski definition) is 0. The number of rotatable bonds is 36. The van der Waals surface area contributed by atoms with E-state index in [-0.39, 0.29) is 0 Å². The lowest BCUT2D eigenvalue weighted by Gasteiger charge is -2.06. The minimum atomic E-state index is 0.860. The van der Waals surface area contributed by atoms with Crippen molar-refractivity contribution < 1.29 is 9.47 Å². The summed E-state index contributed by atoms with van der Waals surface area (Å²) in [4.78, 5) is 2.00. The van der Waals surface area contributed by atoms with Crippen molar-refractivity contribution in [1.29, 1.82) is 0 Å². The molecule has 0 N–H and O–H groups in total. The molecule has 0 aromatic carbocycles. The third-order valence-electron chi connectivity index (χ3n) is 8.18. The molecular weight excluding hydrogens is 550 g/mol. The Bertz CT molecular complexity index is 498. The molecule has 0 aliphatic rings. The summed E-state index contributed by atoms with van der Waals surface area (Å²) in [6.07, 6.45) is 48.8. The molecule has 0 bridgehead atoms. The van der Waals surface area contributed by atoms with Gasteiger partial charge in [0.25, 0.3) is 0 Å². The van der Waals surface area contributed by atoms with Gasteiger partial charge in [0, 0.05) is 26.4 Å². The Kier molecular flexibility index (Phi) is 47.0.